The summed E-state index contributed by atoms with van der Waals surface area (Å²) in [5, 5.41) is 4.69. The molecule has 0 spiro atoms. The monoisotopic (exact) mass is 288 g/mol. The van der Waals surface area contributed by atoms with Gasteiger partial charge < -0.3 is 5.32 Å². The molecule has 20 heavy (non-hydrogen) atoms. The minimum atomic E-state index is 0.665. The average molecular weight is 289 g/mol. The second-order valence-corrected chi connectivity index (χ2v) is 6.04. The zero-order valence-electron chi connectivity index (χ0n) is 11.7. The van der Waals surface area contributed by atoms with Gasteiger partial charge in [0.2, 0.25) is 0 Å². The number of hydrogen-bond donors (Lipinski definition) is 1. The van der Waals surface area contributed by atoms with Crippen LogP contribution in [-0.4, -0.2) is 17.4 Å². The van der Waals surface area contributed by atoms with E-state index in [9.17, 15) is 0 Å². The second-order valence-electron chi connectivity index (χ2n) is 5.73. The van der Waals surface area contributed by atoms with E-state index in [0.717, 1.165) is 23.8 Å². The first-order chi connectivity index (χ1) is 9.86. The molecule has 0 bridgehead atoms. The van der Waals surface area contributed by atoms with E-state index in [0.29, 0.717) is 11.8 Å². The standard InChI is InChI=1S/C17H21ClN2/c18-11-14-6-1-2-7-15(14)12-19-17-10-9-13-5-3-4-8-16(13)20-17/h3-5,8-10,14-15H,1-2,6-7,11-12H2,(H,19,20). The fourth-order valence-electron chi connectivity index (χ4n) is 3.16. The molecule has 2 atom stereocenters. The van der Waals surface area contributed by atoms with Gasteiger partial charge in [-0.1, -0.05) is 31.0 Å². The number of nitrogens with one attached hydrogen (secondary N) is 1. The quantitative estimate of drug-likeness (QED) is 0.826. The maximum atomic E-state index is 6.09. The first-order valence-electron chi connectivity index (χ1n) is 7.52. The van der Waals surface area contributed by atoms with Gasteiger partial charge in [-0.15, -0.1) is 11.6 Å². The number of fused-ring (bicyclic) bond motifs is 1. The van der Waals surface area contributed by atoms with Crippen molar-refractivity contribution in [1.82, 2.24) is 4.98 Å². The van der Waals surface area contributed by atoms with Crippen LogP contribution in [0.1, 0.15) is 25.7 Å². The second kappa shape index (κ2) is 6.45. The minimum absolute atomic E-state index is 0.665. The number of aromatic nitrogens is 1. The molecule has 1 heterocycles. The Labute approximate surface area is 125 Å². The lowest BCUT2D eigenvalue weighted by molar-refractivity contribution is 0.272. The normalized spacial score (nSPS) is 22.9. The van der Waals surface area contributed by atoms with Crippen molar-refractivity contribution in [1.29, 1.82) is 0 Å². The number of nitrogens with zero attached hydrogens (tertiary/aromatic N) is 1. The van der Waals surface area contributed by atoms with Gasteiger partial charge in [-0.05, 0) is 42.9 Å². The van der Waals surface area contributed by atoms with Crippen LogP contribution in [0.15, 0.2) is 36.4 Å². The Kier molecular flexibility index (Phi) is 4.41. The van der Waals surface area contributed by atoms with Crippen LogP contribution in [0.4, 0.5) is 5.82 Å². The predicted molar refractivity (Wildman–Crippen MR) is 86.4 cm³/mol. The highest BCUT2D eigenvalue weighted by Gasteiger charge is 2.24. The molecule has 2 nitrogen and oxygen atoms in total. The van der Waals surface area contributed by atoms with E-state index < -0.39 is 0 Å². The van der Waals surface area contributed by atoms with Crippen LogP contribution >= 0.6 is 11.6 Å². The third kappa shape index (κ3) is 3.06. The van der Waals surface area contributed by atoms with Crippen LogP contribution in [0.25, 0.3) is 10.9 Å². The third-order valence-corrected chi connectivity index (χ3v) is 4.80. The molecule has 1 aliphatic rings. The highest BCUT2D eigenvalue weighted by Crippen LogP contribution is 2.31. The Morgan fingerprint density at radius 1 is 1.05 bits per heavy atom. The van der Waals surface area contributed by atoms with Crippen LogP contribution < -0.4 is 5.32 Å². The van der Waals surface area contributed by atoms with E-state index in [2.05, 4.69) is 34.6 Å². The van der Waals surface area contributed by atoms with Crippen molar-refractivity contribution in [2.45, 2.75) is 25.7 Å². The summed E-state index contributed by atoms with van der Waals surface area (Å²) in [5.74, 6) is 3.12. The summed E-state index contributed by atoms with van der Waals surface area (Å²) >= 11 is 6.09. The summed E-state index contributed by atoms with van der Waals surface area (Å²) in [4.78, 5) is 4.67. The van der Waals surface area contributed by atoms with E-state index >= 15 is 0 Å². The molecule has 106 valence electrons. The van der Waals surface area contributed by atoms with Gasteiger partial charge in [0.05, 0.1) is 5.52 Å². The Morgan fingerprint density at radius 2 is 1.85 bits per heavy atom. The molecule has 1 saturated carbocycles. The van der Waals surface area contributed by atoms with Crippen molar-refractivity contribution < 1.29 is 0 Å². The van der Waals surface area contributed by atoms with Crippen LogP contribution in [0.2, 0.25) is 0 Å². The largest absolute Gasteiger partial charge is 0.370 e. The molecule has 1 N–H and O–H groups in total. The molecule has 1 fully saturated rings. The van der Waals surface area contributed by atoms with Gasteiger partial charge >= 0.3 is 0 Å². The molecular formula is C17H21ClN2. The van der Waals surface area contributed by atoms with Crippen molar-refractivity contribution in [2.24, 2.45) is 11.8 Å². The lowest BCUT2D eigenvalue weighted by Gasteiger charge is -2.30. The minimum Gasteiger partial charge on any atom is -0.370 e. The van der Waals surface area contributed by atoms with Gasteiger partial charge in [-0.3, -0.25) is 0 Å². The Balaban J connectivity index is 1.67. The van der Waals surface area contributed by atoms with E-state index in [1.54, 1.807) is 0 Å². The SMILES string of the molecule is ClCC1CCCCC1CNc1ccc2ccccc2n1. The number of rotatable bonds is 4. The van der Waals surface area contributed by atoms with E-state index in [1.807, 2.05) is 12.1 Å². The molecule has 0 aliphatic heterocycles. The molecule has 3 heteroatoms. The molecular weight excluding hydrogens is 268 g/mol. The lowest BCUT2D eigenvalue weighted by Crippen LogP contribution is -2.27. The summed E-state index contributed by atoms with van der Waals surface area (Å²) in [6.07, 6.45) is 5.24. The van der Waals surface area contributed by atoms with Crippen molar-refractivity contribution in [3.8, 4) is 0 Å². The molecule has 2 aromatic rings. The number of pyridine rings is 1. The van der Waals surface area contributed by atoms with Crippen LogP contribution in [0.3, 0.4) is 0 Å². The van der Waals surface area contributed by atoms with E-state index in [1.165, 1.54) is 31.1 Å². The van der Waals surface area contributed by atoms with Crippen molar-refractivity contribution in [2.75, 3.05) is 17.7 Å². The lowest BCUT2D eigenvalue weighted by atomic mass is 9.80. The topological polar surface area (TPSA) is 24.9 Å². The summed E-state index contributed by atoms with van der Waals surface area (Å²) in [7, 11) is 0. The Hall–Kier alpha value is -1.28. The number of halogens is 1. The van der Waals surface area contributed by atoms with Gasteiger partial charge in [0, 0.05) is 17.8 Å². The molecule has 0 radical (unpaired) electrons. The highest BCUT2D eigenvalue weighted by molar-refractivity contribution is 6.18. The van der Waals surface area contributed by atoms with Crippen molar-refractivity contribution in [3.63, 3.8) is 0 Å². The number of hydrogen-bond acceptors (Lipinski definition) is 2. The van der Waals surface area contributed by atoms with E-state index in [4.69, 9.17) is 11.6 Å². The molecule has 0 saturated heterocycles. The molecule has 1 aromatic carbocycles. The average Bonchev–Trinajstić information content (AvgIpc) is 2.53. The summed E-state index contributed by atoms with van der Waals surface area (Å²) in [6, 6.07) is 12.4. The summed E-state index contributed by atoms with van der Waals surface area (Å²) in [6.45, 7) is 0.989. The van der Waals surface area contributed by atoms with Gasteiger partial charge in [0.15, 0.2) is 0 Å². The molecule has 0 amide bonds. The maximum Gasteiger partial charge on any atom is 0.126 e. The van der Waals surface area contributed by atoms with Gasteiger partial charge in [0.1, 0.15) is 5.82 Å². The fraction of sp³-hybridized carbons (Fsp3) is 0.471. The number of benzene rings is 1. The smallest absolute Gasteiger partial charge is 0.126 e. The molecule has 2 unspecified atom stereocenters. The zero-order chi connectivity index (χ0) is 13.8. The van der Waals surface area contributed by atoms with Crippen LogP contribution in [0.5, 0.6) is 0 Å². The van der Waals surface area contributed by atoms with Crippen molar-refractivity contribution >= 4 is 28.3 Å². The predicted octanol–water partition coefficient (Wildman–Crippen LogP) is 4.69. The van der Waals surface area contributed by atoms with Crippen molar-refractivity contribution in [3.05, 3.63) is 36.4 Å². The molecule has 1 aliphatic carbocycles. The Bertz CT molecular complexity index is 570. The first kappa shape index (κ1) is 13.7. The van der Waals surface area contributed by atoms with Crippen LogP contribution in [-0.2, 0) is 0 Å². The fourth-order valence-corrected chi connectivity index (χ4v) is 3.56. The summed E-state index contributed by atoms with van der Waals surface area (Å²) in [5.41, 5.74) is 1.05. The Morgan fingerprint density at radius 3 is 2.70 bits per heavy atom. The number of para-hydroxylation sites is 1. The third-order valence-electron chi connectivity index (χ3n) is 4.41. The molecule has 1 aromatic heterocycles. The van der Waals surface area contributed by atoms with Gasteiger partial charge in [-0.25, -0.2) is 4.98 Å². The van der Waals surface area contributed by atoms with Gasteiger partial charge in [0.25, 0.3) is 0 Å². The zero-order valence-corrected chi connectivity index (χ0v) is 12.4. The number of alkyl halides is 1. The highest BCUT2D eigenvalue weighted by atomic mass is 35.5. The maximum absolute atomic E-state index is 6.09. The van der Waals surface area contributed by atoms with E-state index in [-0.39, 0.29) is 0 Å². The summed E-state index contributed by atoms with van der Waals surface area (Å²) < 4.78 is 0. The molecule has 3 rings (SSSR count). The van der Waals surface area contributed by atoms with Gasteiger partial charge in [-0.2, -0.15) is 0 Å². The number of anilines is 1. The van der Waals surface area contributed by atoms with Crippen LogP contribution in [0, 0.1) is 11.8 Å². The first-order valence-corrected chi connectivity index (χ1v) is 8.06.